The number of primary amides is 1. The van der Waals surface area contributed by atoms with Gasteiger partial charge in [-0.15, -0.1) is 0 Å². The number of hydrogen-bond donors (Lipinski definition) is 2. The van der Waals surface area contributed by atoms with E-state index in [4.69, 9.17) is 43.6 Å². The molecule has 10 rings (SSSR count). The summed E-state index contributed by atoms with van der Waals surface area (Å²) in [4.78, 5) is 69.9. The molecule has 3 N–H and O–H groups in total. The molecule has 4 heterocycles. The fourth-order valence-electron chi connectivity index (χ4n) is 11.3. The second-order valence-corrected chi connectivity index (χ2v) is 20.0. The molecule has 3 fully saturated rings. The van der Waals surface area contributed by atoms with Crippen molar-refractivity contribution >= 4 is 35.5 Å². The van der Waals surface area contributed by atoms with Crippen molar-refractivity contribution in [2.24, 2.45) is 23.0 Å². The molecule has 73 heavy (non-hydrogen) atoms. The Morgan fingerprint density at radius 3 is 2.04 bits per heavy atom. The van der Waals surface area contributed by atoms with Gasteiger partial charge in [0.25, 0.3) is 5.91 Å². The number of aromatic nitrogens is 2. The highest BCUT2D eigenvalue weighted by atomic mass is 19.4. The Labute approximate surface area is 417 Å². The maximum Gasteiger partial charge on any atom is 0.435 e. The third-order valence-corrected chi connectivity index (χ3v) is 14.8. The number of nitrogens with one attached hydrogen (secondary N) is 1. The van der Waals surface area contributed by atoms with E-state index >= 15 is 0 Å². The second kappa shape index (κ2) is 18.9. The van der Waals surface area contributed by atoms with Gasteiger partial charge in [-0.05, 0) is 91.1 Å². The first-order chi connectivity index (χ1) is 34.9. The predicted molar refractivity (Wildman–Crippen MR) is 250 cm³/mol. The number of cyclic esters (lactones) is 1. The fraction of sp³-hybridized carbons (Fsp3) is 0.490. The summed E-state index contributed by atoms with van der Waals surface area (Å²) < 4.78 is 90.1. The Hall–Kier alpha value is -7.39. The maximum atomic E-state index is 14.2. The number of alkyl halides is 3. The Kier molecular flexibility index (Phi) is 12.7. The Morgan fingerprint density at radius 2 is 1.44 bits per heavy atom. The van der Waals surface area contributed by atoms with Gasteiger partial charge in [0.1, 0.15) is 12.2 Å². The molecule has 0 radical (unpaired) electrons. The van der Waals surface area contributed by atoms with Crippen molar-refractivity contribution in [3.63, 3.8) is 0 Å². The smallest absolute Gasteiger partial charge is 0.435 e. The van der Waals surface area contributed by atoms with E-state index in [0.717, 1.165) is 4.68 Å². The Balaban J connectivity index is 0.777. The van der Waals surface area contributed by atoms with Crippen LogP contribution in [0.2, 0.25) is 0 Å². The highest BCUT2D eigenvalue weighted by Gasteiger charge is 2.55. The van der Waals surface area contributed by atoms with Crippen LogP contribution in [0.5, 0.6) is 28.7 Å². The molecule has 3 aliphatic heterocycles. The van der Waals surface area contributed by atoms with E-state index < -0.39 is 82.7 Å². The monoisotopic (exact) mass is 1020 g/mol. The minimum absolute atomic E-state index is 0.000810. The van der Waals surface area contributed by atoms with E-state index in [1.165, 1.54) is 49.3 Å². The quantitative estimate of drug-likeness (QED) is 0.119. The first kappa shape index (κ1) is 49.2. The number of amides is 3. The first-order valence-electron chi connectivity index (χ1n) is 24.1. The molecule has 1 saturated carbocycles. The van der Waals surface area contributed by atoms with Crippen molar-refractivity contribution in [1.82, 2.24) is 19.6 Å². The van der Waals surface area contributed by atoms with Gasteiger partial charge in [-0.1, -0.05) is 13.8 Å². The van der Waals surface area contributed by atoms with Gasteiger partial charge in [0.15, 0.2) is 34.5 Å². The van der Waals surface area contributed by atoms with E-state index in [1.54, 1.807) is 24.3 Å². The standard InChI is InChI=1S/C51H55F3N6O13/c1-50(2)21-34-42(35(61)22-50)45(51(52,53)54)57-60(34)27-8-11-29(46(55)62)33(18-27)56-26-6-9-28(10-7-26)72-48(64)58-12-14-59(15-13-58)49(65)73-43-31-20-37-36(70-24-71-37)19-30(31)40(41-32(43)23-69-47(41)63)25-16-38(66-3)44(68-5)39(17-25)67-4/h8,11,16-20,26,28,32,40-41,43,56H,6-7,9-10,12-15,21-24H2,1-5H3,(H2,55,62). The van der Waals surface area contributed by atoms with Crippen molar-refractivity contribution < 1.29 is 75.0 Å². The predicted octanol–water partition coefficient (Wildman–Crippen LogP) is 7.19. The van der Waals surface area contributed by atoms with Gasteiger partial charge < -0.3 is 58.7 Å². The zero-order valence-corrected chi connectivity index (χ0v) is 40.8. The van der Waals surface area contributed by atoms with Crippen LogP contribution in [0.15, 0.2) is 42.5 Å². The second-order valence-electron chi connectivity index (χ2n) is 20.0. The Morgan fingerprint density at radius 1 is 0.808 bits per heavy atom. The van der Waals surface area contributed by atoms with Gasteiger partial charge in [-0.2, -0.15) is 18.3 Å². The molecule has 0 spiro atoms. The summed E-state index contributed by atoms with van der Waals surface area (Å²) in [6, 6.07) is 11.3. The van der Waals surface area contributed by atoms with Crippen molar-refractivity contribution in [3.8, 4) is 34.4 Å². The summed E-state index contributed by atoms with van der Waals surface area (Å²) in [5, 5.41) is 7.23. The van der Waals surface area contributed by atoms with Gasteiger partial charge in [0, 0.05) is 61.7 Å². The number of ketones is 1. The van der Waals surface area contributed by atoms with Crippen LogP contribution in [0, 0.1) is 17.3 Å². The van der Waals surface area contributed by atoms with Gasteiger partial charge in [-0.3, -0.25) is 14.4 Å². The van der Waals surface area contributed by atoms with Crippen molar-refractivity contribution in [2.75, 3.05) is 66.2 Å². The molecule has 388 valence electrons. The van der Waals surface area contributed by atoms with Gasteiger partial charge >= 0.3 is 24.3 Å². The van der Waals surface area contributed by atoms with Gasteiger partial charge in [0.2, 0.25) is 12.5 Å². The number of methoxy groups -OCH3 is 3. The molecule has 3 aliphatic carbocycles. The van der Waals surface area contributed by atoms with Crippen molar-refractivity contribution in [2.45, 2.75) is 82.7 Å². The summed E-state index contributed by atoms with van der Waals surface area (Å²) in [7, 11) is 4.51. The maximum absolute atomic E-state index is 14.2. The minimum atomic E-state index is -4.86. The molecule has 22 heteroatoms. The number of nitrogens with zero attached hydrogens (tertiary/aromatic N) is 4. The topological polar surface area (TPSA) is 222 Å². The van der Waals surface area contributed by atoms with Gasteiger partial charge in [-0.25, -0.2) is 14.3 Å². The molecule has 19 nitrogen and oxygen atoms in total. The number of fused-ring (bicyclic) bond motifs is 4. The number of rotatable bonds is 10. The molecule has 4 atom stereocenters. The number of carbonyl (C=O) groups is 5. The molecular formula is C51H55F3N6O13. The van der Waals surface area contributed by atoms with Crippen LogP contribution in [0.4, 0.5) is 28.4 Å². The number of nitrogens with two attached hydrogens (primary N) is 1. The molecule has 6 aliphatic rings. The number of esters is 1. The first-order valence-corrected chi connectivity index (χ1v) is 24.1. The molecule has 3 aromatic carbocycles. The summed E-state index contributed by atoms with van der Waals surface area (Å²) in [5.74, 6) is -1.62. The zero-order chi connectivity index (χ0) is 51.7. The molecule has 1 aromatic heterocycles. The van der Waals surface area contributed by atoms with Crippen LogP contribution < -0.4 is 34.7 Å². The van der Waals surface area contributed by atoms with Gasteiger partial charge in [0.05, 0.1) is 56.4 Å². The van der Waals surface area contributed by atoms with Crippen molar-refractivity contribution in [3.05, 3.63) is 81.7 Å². The zero-order valence-electron chi connectivity index (χ0n) is 40.8. The van der Waals surface area contributed by atoms with Crippen LogP contribution in [-0.2, 0) is 31.6 Å². The fourth-order valence-corrected chi connectivity index (χ4v) is 11.3. The summed E-state index contributed by atoms with van der Waals surface area (Å²) in [5.41, 5.74) is 6.24. The number of anilines is 1. The van der Waals surface area contributed by atoms with E-state index in [-0.39, 0.29) is 75.4 Å². The third kappa shape index (κ3) is 9.12. The highest BCUT2D eigenvalue weighted by molar-refractivity contribution is 6.01. The van der Waals surface area contributed by atoms with Crippen LogP contribution >= 0.6 is 0 Å². The Bertz CT molecular complexity index is 2860. The van der Waals surface area contributed by atoms with Crippen LogP contribution in [0.25, 0.3) is 5.69 Å². The summed E-state index contributed by atoms with van der Waals surface area (Å²) >= 11 is 0. The normalized spacial score (nSPS) is 23.9. The number of carbonyl (C=O) groups excluding carboxylic acids is 5. The lowest BCUT2D eigenvalue weighted by molar-refractivity contribution is -0.142. The molecule has 0 bridgehead atoms. The number of Topliss-reactive ketones (excluding diaryl/α,β-unsaturated/α-hetero) is 1. The average molecular weight is 1020 g/mol. The largest absolute Gasteiger partial charge is 0.493 e. The number of ether oxygens (including phenoxy) is 8. The molecule has 3 amide bonds. The van der Waals surface area contributed by atoms with Crippen molar-refractivity contribution in [1.29, 1.82) is 0 Å². The molecular weight excluding hydrogens is 962 g/mol. The number of benzene rings is 3. The number of halogens is 3. The van der Waals surface area contributed by atoms with E-state index in [9.17, 15) is 37.1 Å². The van der Waals surface area contributed by atoms with E-state index in [1.807, 2.05) is 13.8 Å². The minimum Gasteiger partial charge on any atom is -0.493 e. The lowest BCUT2D eigenvalue weighted by Gasteiger charge is -2.40. The van der Waals surface area contributed by atoms with E-state index in [2.05, 4.69) is 10.4 Å². The number of piperazine rings is 1. The molecule has 4 aromatic rings. The third-order valence-electron chi connectivity index (χ3n) is 14.8. The highest BCUT2D eigenvalue weighted by Crippen LogP contribution is 2.57. The van der Waals surface area contributed by atoms with Crippen LogP contribution in [-0.4, -0.2) is 122 Å². The number of hydrogen-bond acceptors (Lipinski definition) is 15. The lowest BCUT2D eigenvalue weighted by atomic mass is 9.66. The summed E-state index contributed by atoms with van der Waals surface area (Å²) in [6.07, 6.45) is -5.25. The molecule has 4 unspecified atom stereocenters. The summed E-state index contributed by atoms with van der Waals surface area (Å²) in [6.45, 7) is 4.26. The molecule has 2 saturated heterocycles. The average Bonchev–Trinajstić information content (AvgIpc) is 4.10. The SMILES string of the molecule is COc1cc(C2c3cc4c(cc3C(OC(=O)N3CCN(C(=O)OC5CCC(Nc6cc(-n7nc(C(F)(F)F)c8c7CC(C)(C)CC8=O)ccc6C(N)=O)CC5)CC3)C3COC(=O)C23)OCO4)cc(OC)c1OC. The van der Waals surface area contributed by atoms with Crippen LogP contribution in [0.3, 0.4) is 0 Å². The van der Waals surface area contributed by atoms with Crippen LogP contribution in [0.1, 0.15) is 107 Å². The lowest BCUT2D eigenvalue weighted by Crippen LogP contribution is -2.52. The van der Waals surface area contributed by atoms with E-state index in [0.29, 0.717) is 76.8 Å².